The fourth-order valence-corrected chi connectivity index (χ4v) is 6.71. The van der Waals surface area contributed by atoms with E-state index in [-0.39, 0.29) is 0 Å². The first-order valence-electron chi connectivity index (χ1n) is 27.0. The smallest absolute Gasteiger partial charge is 0.204 e. The van der Waals surface area contributed by atoms with E-state index in [1.54, 1.807) is 20.8 Å². The van der Waals surface area contributed by atoms with Crippen molar-refractivity contribution in [1.29, 1.82) is 0 Å². The van der Waals surface area contributed by atoms with Crippen LogP contribution in [0, 0.1) is 0 Å². The normalized spacial score (nSPS) is 10.6. The third-order valence-electron chi connectivity index (χ3n) is 11.0. The Balaban J connectivity index is 1.92. The van der Waals surface area contributed by atoms with E-state index in [4.69, 9.17) is 72.0 Å². The molecule has 15 nitrogen and oxygen atoms in total. The lowest BCUT2D eigenvalue weighted by Crippen LogP contribution is -2.08. The zero-order valence-corrected chi connectivity index (χ0v) is 47.0. The molecule has 0 fully saturated rings. The van der Waals surface area contributed by atoms with Gasteiger partial charge in [-0.15, -0.1) is 0 Å². The summed E-state index contributed by atoms with van der Waals surface area (Å²) in [6.07, 6.45) is 21.3. The van der Waals surface area contributed by atoms with Gasteiger partial charge in [0, 0.05) is 31.9 Å². The van der Waals surface area contributed by atoms with Crippen molar-refractivity contribution in [2.75, 3.05) is 79.3 Å². The van der Waals surface area contributed by atoms with Crippen molar-refractivity contribution in [2.24, 2.45) is 0 Å². The van der Waals surface area contributed by atoms with Gasteiger partial charge in [0.15, 0.2) is 40.3 Å². The topological polar surface area (TPSA) is 138 Å². The molecule has 0 N–H and O–H groups in total. The first-order valence-corrected chi connectivity index (χ1v) is 27.0. The largest absolute Gasteiger partial charge is 0.502 e. The zero-order chi connectivity index (χ0) is 56.8. The van der Waals surface area contributed by atoms with Crippen LogP contribution in [0.1, 0.15) is 120 Å². The SMILES string of the molecule is C=C=C(C)OOCCCCOc1ccc(/C=C/c2ccc(/C=C/c3ccc(OCCCCOC=C)c(OCCCCOC=C)c3OCCCCOOC(C)=C=C)cc2)c(OCCCCOC=C)c1OCCCCOOC(C)=C=C. The van der Waals surface area contributed by atoms with Crippen LogP contribution in [0.5, 0.6) is 34.5 Å². The number of hydrogen-bond donors (Lipinski definition) is 0. The Hall–Kier alpha value is -7.60. The van der Waals surface area contributed by atoms with Crippen molar-refractivity contribution in [3.05, 3.63) is 164 Å². The Bertz CT molecular complexity index is 2420. The van der Waals surface area contributed by atoms with Crippen molar-refractivity contribution in [2.45, 2.75) is 97.8 Å². The van der Waals surface area contributed by atoms with E-state index in [0.717, 1.165) is 60.8 Å². The summed E-state index contributed by atoms with van der Waals surface area (Å²) in [4.78, 5) is 31.3. The van der Waals surface area contributed by atoms with Gasteiger partial charge in [0.2, 0.25) is 11.5 Å². The summed E-state index contributed by atoms with van der Waals surface area (Å²) in [6.45, 7) is 32.1. The van der Waals surface area contributed by atoms with Crippen LogP contribution in [-0.2, 0) is 43.5 Å². The highest BCUT2D eigenvalue weighted by Crippen LogP contribution is 2.43. The van der Waals surface area contributed by atoms with Crippen LogP contribution in [0.2, 0.25) is 0 Å². The Morgan fingerprint density at radius 1 is 0.342 bits per heavy atom. The quantitative estimate of drug-likeness (QED) is 0.0132. The molecule has 430 valence electrons. The minimum absolute atomic E-state index is 0.367. The van der Waals surface area contributed by atoms with E-state index in [1.807, 2.05) is 48.6 Å². The highest BCUT2D eigenvalue weighted by molar-refractivity contribution is 5.78. The van der Waals surface area contributed by atoms with Crippen LogP contribution in [0.4, 0.5) is 0 Å². The Kier molecular flexibility index (Phi) is 36.1. The summed E-state index contributed by atoms with van der Waals surface area (Å²) in [6, 6.07) is 16.0. The summed E-state index contributed by atoms with van der Waals surface area (Å²) in [5.41, 5.74) is 11.5. The molecule has 3 rings (SSSR count). The molecule has 0 heterocycles. The minimum Gasteiger partial charge on any atom is -0.502 e. The monoisotopic (exact) mass is 1090 g/mol. The minimum atomic E-state index is 0.367. The molecule has 15 heteroatoms. The number of rotatable bonds is 49. The summed E-state index contributed by atoms with van der Waals surface area (Å²) in [7, 11) is 0. The molecule has 0 aromatic heterocycles. The molecule has 3 aromatic rings. The van der Waals surface area contributed by atoms with Crippen LogP contribution in [-0.4, -0.2) is 79.3 Å². The average molecular weight is 1090 g/mol. The molecule has 0 saturated carbocycles. The second-order valence-corrected chi connectivity index (χ2v) is 17.3. The highest BCUT2D eigenvalue weighted by Gasteiger charge is 2.19. The molecule has 0 aliphatic heterocycles. The molecule has 0 saturated heterocycles. The second kappa shape index (κ2) is 43.4. The lowest BCUT2D eigenvalue weighted by molar-refractivity contribution is -0.261. The molecule has 0 spiro atoms. The standard InChI is InChI=1S/C64H84O15/c1-10-52(7)77-74-49-25-22-44-69-60-39-37-57(61(70-45-20-17-41-66-14-5)64(60)73-48-24-27-51-76-79-54(9)12-3)34-32-55-28-30-56(31-29-55)33-35-58-36-38-59(68-43-19-16-40-65-13-4)63(72-47-21-18-42-67-15-6)62(58)71-46-23-26-50-75-78-53(8)11-2/h13-15,28-39H,1-6,16-27,40-51H2,7-9H3/b34-32+,35-33+. The van der Waals surface area contributed by atoms with Gasteiger partial charge in [0.05, 0.1) is 98.1 Å². The molecule has 0 unspecified atom stereocenters. The van der Waals surface area contributed by atoms with Crippen molar-refractivity contribution < 1.29 is 72.0 Å². The number of unbranched alkanes of at least 4 members (excludes halogenated alkanes) is 6. The molecule has 0 aliphatic carbocycles. The second-order valence-electron chi connectivity index (χ2n) is 17.3. The van der Waals surface area contributed by atoms with E-state index >= 15 is 0 Å². The van der Waals surface area contributed by atoms with Gasteiger partial charge in [0.1, 0.15) is 0 Å². The van der Waals surface area contributed by atoms with Crippen molar-refractivity contribution in [3.8, 4) is 34.5 Å². The number of hydrogen-bond acceptors (Lipinski definition) is 15. The third kappa shape index (κ3) is 29.1. The molecule has 0 atom stereocenters. The maximum atomic E-state index is 6.54. The maximum absolute atomic E-state index is 6.54. The van der Waals surface area contributed by atoms with Gasteiger partial charge in [-0.3, -0.25) is 0 Å². The van der Waals surface area contributed by atoms with Crippen molar-refractivity contribution in [1.82, 2.24) is 0 Å². The van der Waals surface area contributed by atoms with Gasteiger partial charge < -0.3 is 57.3 Å². The van der Waals surface area contributed by atoms with E-state index in [2.05, 4.69) is 80.9 Å². The first-order chi connectivity index (χ1) is 38.8. The number of benzene rings is 3. The first kappa shape index (κ1) is 65.7. The Morgan fingerprint density at radius 3 is 0.924 bits per heavy atom. The van der Waals surface area contributed by atoms with E-state index < -0.39 is 0 Å². The maximum Gasteiger partial charge on any atom is 0.204 e. The van der Waals surface area contributed by atoms with E-state index in [1.165, 1.54) is 18.8 Å². The van der Waals surface area contributed by atoms with Crippen LogP contribution in [0.15, 0.2) is 141 Å². The molecule has 0 bridgehead atoms. The summed E-state index contributed by atoms with van der Waals surface area (Å²) in [5.74, 6) is 4.77. The van der Waals surface area contributed by atoms with Gasteiger partial charge in [-0.2, -0.15) is 14.7 Å². The van der Waals surface area contributed by atoms with E-state index in [0.29, 0.717) is 170 Å². The molecule has 79 heavy (non-hydrogen) atoms. The van der Waals surface area contributed by atoms with Crippen LogP contribution < -0.4 is 28.4 Å². The fourth-order valence-electron chi connectivity index (χ4n) is 6.71. The molecule has 0 aliphatic rings. The van der Waals surface area contributed by atoms with Crippen LogP contribution >= 0.6 is 0 Å². The Labute approximate surface area is 469 Å². The van der Waals surface area contributed by atoms with Gasteiger partial charge in [0.25, 0.3) is 0 Å². The Morgan fingerprint density at radius 2 is 0.620 bits per heavy atom. The van der Waals surface area contributed by atoms with Crippen molar-refractivity contribution in [3.63, 3.8) is 0 Å². The summed E-state index contributed by atoms with van der Waals surface area (Å²) < 4.78 is 54.7. The third-order valence-corrected chi connectivity index (χ3v) is 11.0. The molecule has 0 amide bonds. The number of allylic oxidation sites excluding steroid dienone is 3. The fraction of sp³-hybridized carbons (Fsp3) is 0.422. The van der Waals surface area contributed by atoms with Gasteiger partial charge >= 0.3 is 0 Å². The van der Waals surface area contributed by atoms with Gasteiger partial charge in [-0.25, -0.2) is 0 Å². The molecular formula is C64H84O15. The molecule has 3 aromatic carbocycles. The highest BCUT2D eigenvalue weighted by atomic mass is 17.2. The van der Waals surface area contributed by atoms with Crippen molar-refractivity contribution >= 4 is 24.3 Å². The van der Waals surface area contributed by atoms with Gasteiger partial charge in [-0.1, -0.05) is 105 Å². The lowest BCUT2D eigenvalue weighted by Gasteiger charge is -2.19. The summed E-state index contributed by atoms with van der Waals surface area (Å²) in [5, 5.41) is 0. The molecular weight excluding hydrogens is 1010 g/mol. The van der Waals surface area contributed by atoms with Gasteiger partial charge in [-0.05, 0) is 112 Å². The zero-order valence-electron chi connectivity index (χ0n) is 47.0. The molecule has 0 radical (unpaired) electrons. The predicted molar refractivity (Wildman–Crippen MR) is 310 cm³/mol. The average Bonchev–Trinajstić information content (AvgIpc) is 3.49. The van der Waals surface area contributed by atoms with Crippen LogP contribution in [0.3, 0.4) is 0 Å². The lowest BCUT2D eigenvalue weighted by atomic mass is 10.1. The predicted octanol–water partition coefficient (Wildman–Crippen LogP) is 15.4. The summed E-state index contributed by atoms with van der Waals surface area (Å²) >= 11 is 0. The van der Waals surface area contributed by atoms with E-state index in [9.17, 15) is 0 Å². The number of ether oxygens (including phenoxy) is 9. The van der Waals surface area contributed by atoms with Crippen LogP contribution in [0.25, 0.3) is 24.3 Å².